The van der Waals surface area contributed by atoms with Crippen LogP contribution in [0.1, 0.15) is 26.7 Å². The molecule has 0 saturated heterocycles. The maximum atomic E-state index is 5.41. The molecule has 0 heterocycles. The molecule has 13 heavy (non-hydrogen) atoms. The molecule has 3 nitrogen and oxygen atoms in total. The zero-order chi connectivity index (χ0) is 9.94. The average Bonchev–Trinajstić information content (AvgIpc) is 2.09. The van der Waals surface area contributed by atoms with Crippen molar-refractivity contribution in [3.05, 3.63) is 0 Å². The van der Waals surface area contributed by atoms with Gasteiger partial charge in [0, 0.05) is 32.9 Å². The molecule has 0 saturated carbocycles. The number of unbranched alkanes of at least 4 members (excludes halogenated alkanes) is 1. The van der Waals surface area contributed by atoms with Crippen LogP contribution in [0.3, 0.4) is 0 Å². The van der Waals surface area contributed by atoms with Crippen LogP contribution in [0.25, 0.3) is 0 Å². The van der Waals surface area contributed by atoms with Gasteiger partial charge >= 0.3 is 0 Å². The number of nitrogens with one attached hydrogen (secondary N) is 1. The van der Waals surface area contributed by atoms with Crippen LogP contribution in [0, 0.1) is 0 Å². The minimum Gasteiger partial charge on any atom is -0.385 e. The predicted molar refractivity (Wildman–Crippen MR) is 55.1 cm³/mol. The Balaban J connectivity index is 2.84. The summed E-state index contributed by atoms with van der Waals surface area (Å²) in [6.07, 6.45) is 2.18. The lowest BCUT2D eigenvalue weighted by molar-refractivity contribution is 0.119. The van der Waals surface area contributed by atoms with E-state index < -0.39 is 0 Å². The molecule has 0 aliphatic carbocycles. The summed E-state index contributed by atoms with van der Waals surface area (Å²) < 4.78 is 10.3. The lowest BCUT2D eigenvalue weighted by atomic mass is 10.3. The Morgan fingerprint density at radius 3 is 2.38 bits per heavy atom. The molecule has 0 bridgehead atoms. The van der Waals surface area contributed by atoms with Gasteiger partial charge in [0.05, 0.1) is 6.61 Å². The van der Waals surface area contributed by atoms with Crippen LogP contribution in [0.15, 0.2) is 0 Å². The number of rotatable bonds is 9. The molecule has 0 aliphatic heterocycles. The molecule has 0 fully saturated rings. The smallest absolute Gasteiger partial charge is 0.0590 e. The highest BCUT2D eigenvalue weighted by molar-refractivity contribution is 4.50. The summed E-state index contributed by atoms with van der Waals surface area (Å²) in [5.41, 5.74) is 0. The van der Waals surface area contributed by atoms with Crippen LogP contribution in [0.2, 0.25) is 0 Å². The van der Waals surface area contributed by atoms with Crippen LogP contribution >= 0.6 is 0 Å². The summed E-state index contributed by atoms with van der Waals surface area (Å²) in [7, 11) is 1.73. The van der Waals surface area contributed by atoms with Gasteiger partial charge in [-0.1, -0.05) is 13.8 Å². The molecule has 0 aromatic rings. The standard InChI is InChI=1S/C10H23NO2/c1-10(2)11-6-9-13-8-5-4-7-12-3/h10-11H,4-9H2,1-3H3. The largest absolute Gasteiger partial charge is 0.385 e. The molecule has 0 amide bonds. The second kappa shape index (κ2) is 9.96. The fourth-order valence-corrected chi connectivity index (χ4v) is 0.972. The second-order valence-electron chi connectivity index (χ2n) is 3.42. The third-order valence-electron chi connectivity index (χ3n) is 1.69. The Bertz CT molecular complexity index is 96.9. The molecule has 3 heteroatoms. The van der Waals surface area contributed by atoms with E-state index in [-0.39, 0.29) is 0 Å². The minimum atomic E-state index is 0.553. The third kappa shape index (κ3) is 11.9. The first-order chi connectivity index (χ1) is 6.27. The number of ether oxygens (including phenoxy) is 2. The first kappa shape index (κ1) is 12.9. The number of methoxy groups -OCH3 is 1. The summed E-state index contributed by atoms with van der Waals surface area (Å²) in [6.45, 7) is 7.72. The van der Waals surface area contributed by atoms with Crippen LogP contribution in [-0.2, 0) is 9.47 Å². The fraction of sp³-hybridized carbons (Fsp3) is 1.00. The van der Waals surface area contributed by atoms with Crippen molar-refractivity contribution < 1.29 is 9.47 Å². The van der Waals surface area contributed by atoms with E-state index in [1.165, 1.54) is 0 Å². The minimum absolute atomic E-state index is 0.553. The zero-order valence-corrected chi connectivity index (χ0v) is 9.14. The molecule has 0 radical (unpaired) electrons. The molecular weight excluding hydrogens is 166 g/mol. The quantitative estimate of drug-likeness (QED) is 0.557. The van der Waals surface area contributed by atoms with Gasteiger partial charge in [0.1, 0.15) is 0 Å². The van der Waals surface area contributed by atoms with E-state index >= 15 is 0 Å². The van der Waals surface area contributed by atoms with E-state index in [9.17, 15) is 0 Å². The van der Waals surface area contributed by atoms with Gasteiger partial charge in [-0.15, -0.1) is 0 Å². The van der Waals surface area contributed by atoms with Crippen molar-refractivity contribution in [3.8, 4) is 0 Å². The fourth-order valence-electron chi connectivity index (χ4n) is 0.972. The van der Waals surface area contributed by atoms with E-state index in [2.05, 4.69) is 19.2 Å². The highest BCUT2D eigenvalue weighted by Gasteiger charge is 1.92. The first-order valence-corrected chi connectivity index (χ1v) is 5.07. The van der Waals surface area contributed by atoms with E-state index in [4.69, 9.17) is 9.47 Å². The van der Waals surface area contributed by atoms with E-state index in [0.29, 0.717) is 6.04 Å². The van der Waals surface area contributed by atoms with Gasteiger partial charge in [0.2, 0.25) is 0 Å². The molecule has 0 unspecified atom stereocenters. The van der Waals surface area contributed by atoms with Gasteiger partial charge in [-0.05, 0) is 12.8 Å². The van der Waals surface area contributed by atoms with Gasteiger partial charge in [0.25, 0.3) is 0 Å². The van der Waals surface area contributed by atoms with Crippen molar-refractivity contribution in [1.29, 1.82) is 0 Å². The summed E-state index contributed by atoms with van der Waals surface area (Å²) in [4.78, 5) is 0. The molecule has 0 rings (SSSR count). The Hall–Kier alpha value is -0.120. The van der Waals surface area contributed by atoms with Gasteiger partial charge in [-0.25, -0.2) is 0 Å². The topological polar surface area (TPSA) is 30.5 Å². The Morgan fingerprint density at radius 2 is 1.77 bits per heavy atom. The average molecular weight is 189 g/mol. The maximum absolute atomic E-state index is 5.41. The van der Waals surface area contributed by atoms with Gasteiger partial charge < -0.3 is 14.8 Å². The highest BCUT2D eigenvalue weighted by Crippen LogP contribution is 1.89. The molecule has 0 aromatic carbocycles. The summed E-state index contributed by atoms with van der Waals surface area (Å²) in [5, 5.41) is 3.30. The molecule has 1 N–H and O–H groups in total. The maximum Gasteiger partial charge on any atom is 0.0590 e. The van der Waals surface area contributed by atoms with E-state index in [1.54, 1.807) is 7.11 Å². The van der Waals surface area contributed by atoms with Crippen LogP contribution in [0.4, 0.5) is 0 Å². The van der Waals surface area contributed by atoms with Crippen LogP contribution in [0.5, 0.6) is 0 Å². The van der Waals surface area contributed by atoms with Crippen LogP contribution < -0.4 is 5.32 Å². The highest BCUT2D eigenvalue weighted by atomic mass is 16.5. The third-order valence-corrected chi connectivity index (χ3v) is 1.69. The summed E-state index contributed by atoms with van der Waals surface area (Å²) in [5.74, 6) is 0. The Morgan fingerprint density at radius 1 is 1.08 bits per heavy atom. The van der Waals surface area contributed by atoms with Crippen molar-refractivity contribution in [2.24, 2.45) is 0 Å². The number of hydrogen-bond acceptors (Lipinski definition) is 3. The van der Waals surface area contributed by atoms with Gasteiger partial charge in [-0.3, -0.25) is 0 Å². The Labute approximate surface area is 81.8 Å². The van der Waals surface area contributed by atoms with Crippen molar-refractivity contribution in [2.45, 2.75) is 32.7 Å². The van der Waals surface area contributed by atoms with E-state index in [0.717, 1.165) is 39.2 Å². The second-order valence-corrected chi connectivity index (χ2v) is 3.42. The monoisotopic (exact) mass is 189 g/mol. The predicted octanol–water partition coefficient (Wildman–Crippen LogP) is 1.43. The summed E-state index contributed by atoms with van der Waals surface area (Å²) >= 11 is 0. The lowest BCUT2D eigenvalue weighted by Crippen LogP contribution is -2.26. The molecule has 0 aromatic heterocycles. The van der Waals surface area contributed by atoms with Crippen molar-refractivity contribution in [3.63, 3.8) is 0 Å². The number of hydrogen-bond donors (Lipinski definition) is 1. The van der Waals surface area contributed by atoms with Crippen molar-refractivity contribution in [2.75, 3.05) is 33.5 Å². The lowest BCUT2D eigenvalue weighted by Gasteiger charge is -2.08. The first-order valence-electron chi connectivity index (χ1n) is 5.07. The molecule has 0 spiro atoms. The SMILES string of the molecule is COCCCCOCCNC(C)C. The molecule has 0 aliphatic rings. The normalized spacial score (nSPS) is 11.1. The van der Waals surface area contributed by atoms with Gasteiger partial charge in [-0.2, -0.15) is 0 Å². The van der Waals surface area contributed by atoms with Gasteiger partial charge in [0.15, 0.2) is 0 Å². The van der Waals surface area contributed by atoms with E-state index in [1.807, 2.05) is 0 Å². The Kier molecular flexibility index (Phi) is 9.87. The zero-order valence-electron chi connectivity index (χ0n) is 9.14. The molecule has 80 valence electrons. The molecular formula is C10H23NO2. The summed E-state index contributed by atoms with van der Waals surface area (Å²) in [6, 6.07) is 0.553. The van der Waals surface area contributed by atoms with Crippen molar-refractivity contribution >= 4 is 0 Å². The molecule has 0 atom stereocenters. The van der Waals surface area contributed by atoms with Crippen LogP contribution in [-0.4, -0.2) is 39.5 Å². The van der Waals surface area contributed by atoms with Crippen molar-refractivity contribution in [1.82, 2.24) is 5.32 Å².